The van der Waals surface area contributed by atoms with Crippen molar-refractivity contribution in [1.82, 2.24) is 4.98 Å². The van der Waals surface area contributed by atoms with Gasteiger partial charge in [0.05, 0.1) is 16.3 Å². The minimum atomic E-state index is 0.712. The third-order valence-corrected chi connectivity index (χ3v) is 5.55. The van der Waals surface area contributed by atoms with Crippen LogP contribution in [0, 0.1) is 0 Å². The molecule has 1 N–H and O–H groups in total. The number of aromatic nitrogens is 1. The first-order valence-electron chi connectivity index (χ1n) is 8.88. The smallest absolute Gasteiger partial charge is 0.204 e. The number of hydrogen-bond donors (Lipinski definition) is 1. The Labute approximate surface area is 173 Å². The molecule has 0 fully saturated rings. The molecule has 0 amide bonds. The fourth-order valence-electron chi connectivity index (χ4n) is 2.83. The predicted molar refractivity (Wildman–Crippen MR) is 120 cm³/mol. The number of nitrogens with one attached hydrogen (secondary N) is 1. The van der Waals surface area contributed by atoms with Gasteiger partial charge in [-0.25, -0.2) is 4.98 Å². The molecule has 4 aromatic rings. The molecule has 0 unspecified atom stereocenters. The topological polar surface area (TPSA) is 37.3 Å². The summed E-state index contributed by atoms with van der Waals surface area (Å²) < 4.78 is 0. The Morgan fingerprint density at radius 3 is 2.11 bits per heavy atom. The average Bonchev–Trinajstić information content (AvgIpc) is 3.18. The van der Waals surface area contributed by atoms with Gasteiger partial charge in [-0.15, -0.1) is 0 Å². The van der Waals surface area contributed by atoms with Crippen LogP contribution in [0.25, 0.3) is 21.7 Å². The van der Waals surface area contributed by atoms with Crippen LogP contribution in [0.3, 0.4) is 0 Å². The number of benzene rings is 3. The van der Waals surface area contributed by atoms with Gasteiger partial charge in [-0.05, 0) is 30.2 Å². The molecular weight excluding hydrogens is 386 g/mol. The molecule has 0 aliphatic rings. The molecule has 0 radical (unpaired) electrons. The molecule has 3 aromatic carbocycles. The summed E-state index contributed by atoms with van der Waals surface area (Å²) in [5, 5.41) is 5.98. The highest BCUT2D eigenvalue weighted by Gasteiger charge is 2.14. The average molecular weight is 404 g/mol. The molecule has 0 atom stereocenters. The summed E-state index contributed by atoms with van der Waals surface area (Å²) in [7, 11) is 0. The van der Waals surface area contributed by atoms with E-state index in [2.05, 4.69) is 34.8 Å². The largest absolute Gasteiger partial charge is 0.252 e. The normalized spacial score (nSPS) is 11.4. The van der Waals surface area contributed by atoms with Crippen molar-refractivity contribution in [1.29, 1.82) is 0 Å². The summed E-state index contributed by atoms with van der Waals surface area (Å²) >= 11 is 7.56. The fourth-order valence-corrected chi connectivity index (χ4v) is 3.89. The van der Waals surface area contributed by atoms with Gasteiger partial charge in [0, 0.05) is 10.6 Å². The SMILES string of the molecule is C/C(=N/Nc1nc(-c2ccccc2)c(-c2ccccc2)s1)c1ccc(Cl)cc1. The van der Waals surface area contributed by atoms with E-state index in [-0.39, 0.29) is 0 Å². The van der Waals surface area contributed by atoms with E-state index < -0.39 is 0 Å². The molecule has 5 heteroatoms. The van der Waals surface area contributed by atoms with Crippen molar-refractivity contribution in [3.8, 4) is 21.7 Å². The zero-order valence-electron chi connectivity index (χ0n) is 15.3. The van der Waals surface area contributed by atoms with Crippen molar-refractivity contribution < 1.29 is 0 Å². The van der Waals surface area contributed by atoms with E-state index in [9.17, 15) is 0 Å². The number of hydrazone groups is 1. The van der Waals surface area contributed by atoms with Crippen molar-refractivity contribution in [2.24, 2.45) is 5.10 Å². The van der Waals surface area contributed by atoms with Crippen LogP contribution in [0.4, 0.5) is 5.13 Å². The molecule has 1 aromatic heterocycles. The summed E-state index contributed by atoms with van der Waals surface area (Å²) in [5.74, 6) is 0. The summed E-state index contributed by atoms with van der Waals surface area (Å²) in [6, 6.07) is 28.2. The number of halogens is 1. The van der Waals surface area contributed by atoms with Crippen molar-refractivity contribution >= 4 is 33.8 Å². The van der Waals surface area contributed by atoms with Crippen LogP contribution in [0.5, 0.6) is 0 Å². The Morgan fingerprint density at radius 2 is 1.46 bits per heavy atom. The zero-order chi connectivity index (χ0) is 19.3. The molecule has 0 saturated carbocycles. The molecule has 0 spiro atoms. The third kappa shape index (κ3) is 4.14. The molecule has 0 aliphatic carbocycles. The molecule has 0 bridgehead atoms. The Bertz CT molecular complexity index is 1030. The first kappa shape index (κ1) is 18.4. The fraction of sp³-hybridized carbons (Fsp3) is 0.0435. The Morgan fingerprint density at radius 1 is 0.857 bits per heavy atom. The van der Waals surface area contributed by atoms with Crippen LogP contribution in [-0.2, 0) is 0 Å². The molecule has 1 heterocycles. The van der Waals surface area contributed by atoms with E-state index in [1.165, 1.54) is 0 Å². The van der Waals surface area contributed by atoms with E-state index in [4.69, 9.17) is 16.6 Å². The van der Waals surface area contributed by atoms with Gasteiger partial charge in [0.2, 0.25) is 5.13 Å². The van der Waals surface area contributed by atoms with Gasteiger partial charge < -0.3 is 0 Å². The molecule has 138 valence electrons. The minimum Gasteiger partial charge on any atom is -0.252 e. The van der Waals surface area contributed by atoms with Crippen LogP contribution in [0.2, 0.25) is 5.02 Å². The Balaban J connectivity index is 1.67. The van der Waals surface area contributed by atoms with E-state index in [1.54, 1.807) is 11.3 Å². The monoisotopic (exact) mass is 403 g/mol. The second-order valence-electron chi connectivity index (χ2n) is 6.24. The lowest BCUT2D eigenvalue weighted by atomic mass is 10.1. The minimum absolute atomic E-state index is 0.712. The second kappa shape index (κ2) is 8.38. The van der Waals surface area contributed by atoms with E-state index in [0.717, 1.165) is 38.1 Å². The van der Waals surface area contributed by atoms with Gasteiger partial charge in [0.25, 0.3) is 0 Å². The van der Waals surface area contributed by atoms with Gasteiger partial charge >= 0.3 is 0 Å². The summed E-state index contributed by atoms with van der Waals surface area (Å²) in [4.78, 5) is 5.93. The number of thiazole rings is 1. The van der Waals surface area contributed by atoms with Crippen molar-refractivity contribution in [3.05, 3.63) is 95.5 Å². The van der Waals surface area contributed by atoms with Crippen molar-refractivity contribution in [2.75, 3.05) is 5.43 Å². The van der Waals surface area contributed by atoms with Crippen LogP contribution in [0.1, 0.15) is 12.5 Å². The summed E-state index contributed by atoms with van der Waals surface area (Å²) in [5.41, 5.74) is 8.19. The zero-order valence-corrected chi connectivity index (χ0v) is 16.8. The third-order valence-electron chi connectivity index (χ3n) is 4.29. The lowest BCUT2D eigenvalue weighted by molar-refractivity contribution is 1.27. The van der Waals surface area contributed by atoms with Crippen molar-refractivity contribution in [2.45, 2.75) is 6.92 Å². The van der Waals surface area contributed by atoms with Crippen LogP contribution >= 0.6 is 22.9 Å². The van der Waals surface area contributed by atoms with Crippen LogP contribution < -0.4 is 5.43 Å². The highest BCUT2D eigenvalue weighted by Crippen LogP contribution is 2.38. The van der Waals surface area contributed by atoms with Gasteiger partial charge in [0.15, 0.2) is 0 Å². The lowest BCUT2D eigenvalue weighted by Crippen LogP contribution is -1.99. The highest BCUT2D eigenvalue weighted by atomic mass is 35.5. The van der Waals surface area contributed by atoms with Gasteiger partial charge in [0.1, 0.15) is 0 Å². The maximum absolute atomic E-state index is 5.96. The predicted octanol–water partition coefficient (Wildman–Crippen LogP) is 6.97. The quantitative estimate of drug-likeness (QED) is 0.288. The number of rotatable bonds is 5. The Kier molecular flexibility index (Phi) is 5.51. The number of nitrogens with zero attached hydrogens (tertiary/aromatic N) is 2. The summed E-state index contributed by atoms with van der Waals surface area (Å²) in [6.45, 7) is 1.96. The first-order valence-corrected chi connectivity index (χ1v) is 10.1. The van der Waals surface area contributed by atoms with Gasteiger partial charge in [-0.3, -0.25) is 5.43 Å². The number of anilines is 1. The second-order valence-corrected chi connectivity index (χ2v) is 7.68. The lowest BCUT2D eigenvalue weighted by Gasteiger charge is -2.02. The maximum atomic E-state index is 5.96. The van der Waals surface area contributed by atoms with Gasteiger partial charge in [-0.2, -0.15) is 5.10 Å². The first-order chi connectivity index (χ1) is 13.7. The highest BCUT2D eigenvalue weighted by molar-refractivity contribution is 7.19. The maximum Gasteiger partial charge on any atom is 0.204 e. The van der Waals surface area contributed by atoms with Crippen LogP contribution in [0.15, 0.2) is 90.0 Å². The summed E-state index contributed by atoms with van der Waals surface area (Å²) in [6.07, 6.45) is 0. The van der Waals surface area contributed by atoms with Gasteiger partial charge in [-0.1, -0.05) is 95.7 Å². The molecular formula is C23H18ClN3S. The molecule has 0 saturated heterocycles. The molecule has 0 aliphatic heterocycles. The van der Waals surface area contributed by atoms with Crippen molar-refractivity contribution in [3.63, 3.8) is 0 Å². The van der Waals surface area contributed by atoms with Crippen LogP contribution in [-0.4, -0.2) is 10.7 Å². The van der Waals surface area contributed by atoms with E-state index in [0.29, 0.717) is 5.02 Å². The molecule has 3 nitrogen and oxygen atoms in total. The molecule has 4 rings (SSSR count). The standard InChI is InChI=1S/C23H18ClN3S/c1-16(17-12-14-20(24)15-13-17)26-27-23-25-21(18-8-4-2-5-9-18)22(28-23)19-10-6-3-7-11-19/h2-15H,1H3,(H,25,27)/b26-16-. The van der Waals surface area contributed by atoms with E-state index >= 15 is 0 Å². The molecule has 28 heavy (non-hydrogen) atoms. The Hall–Kier alpha value is -2.95. The number of hydrogen-bond acceptors (Lipinski definition) is 4. The van der Waals surface area contributed by atoms with E-state index in [1.807, 2.05) is 67.6 Å².